The minimum Gasteiger partial charge on any atom is -0.348 e. The molecule has 1 saturated heterocycles. The molecule has 0 aromatic heterocycles. The Morgan fingerprint density at radius 2 is 1.81 bits per heavy atom. The van der Waals surface area contributed by atoms with Crippen LogP contribution in [-0.4, -0.2) is 24.4 Å². The van der Waals surface area contributed by atoms with E-state index in [0.717, 1.165) is 25.8 Å². The summed E-state index contributed by atoms with van der Waals surface area (Å²) in [4.78, 5) is 24.4. The van der Waals surface area contributed by atoms with Crippen molar-refractivity contribution in [1.82, 2.24) is 10.6 Å². The van der Waals surface area contributed by atoms with Gasteiger partial charge in [0.2, 0.25) is 5.91 Å². The molecule has 5 nitrogen and oxygen atoms in total. The zero-order chi connectivity index (χ0) is 18.4. The van der Waals surface area contributed by atoms with Gasteiger partial charge in [0.25, 0.3) is 5.91 Å². The van der Waals surface area contributed by atoms with Crippen LogP contribution in [0.2, 0.25) is 0 Å². The number of carbonyl (C=O) groups excluding carboxylic acids is 2. The zero-order valence-electron chi connectivity index (χ0n) is 14.8. The molecule has 27 heavy (non-hydrogen) atoms. The van der Waals surface area contributed by atoms with Crippen molar-refractivity contribution in [2.45, 2.75) is 31.8 Å². The molecule has 3 N–H and O–H groups in total. The van der Waals surface area contributed by atoms with Crippen molar-refractivity contribution in [1.29, 1.82) is 0 Å². The first-order chi connectivity index (χ1) is 12.6. The Morgan fingerprint density at radius 1 is 1.07 bits per heavy atom. The van der Waals surface area contributed by atoms with E-state index >= 15 is 0 Å². The fourth-order valence-corrected chi connectivity index (χ4v) is 2.93. The Hall–Kier alpha value is -2.44. The largest absolute Gasteiger partial charge is 0.348 e. The van der Waals surface area contributed by atoms with E-state index in [4.69, 9.17) is 0 Å². The van der Waals surface area contributed by atoms with Gasteiger partial charge in [-0.05, 0) is 49.7 Å². The highest BCUT2D eigenvalue weighted by Crippen LogP contribution is 2.13. The fourth-order valence-electron chi connectivity index (χ4n) is 2.93. The molecular weight excluding hydrogens is 369 g/mol. The van der Waals surface area contributed by atoms with Gasteiger partial charge in [-0.25, -0.2) is 4.39 Å². The van der Waals surface area contributed by atoms with Crippen LogP contribution >= 0.6 is 12.4 Å². The van der Waals surface area contributed by atoms with Crippen LogP contribution in [0.1, 0.15) is 35.2 Å². The number of halogens is 2. The summed E-state index contributed by atoms with van der Waals surface area (Å²) in [5, 5.41) is 8.75. The van der Waals surface area contributed by atoms with Crippen LogP contribution in [0.4, 0.5) is 10.1 Å². The quantitative estimate of drug-likeness (QED) is 0.732. The van der Waals surface area contributed by atoms with Gasteiger partial charge in [-0.2, -0.15) is 0 Å². The van der Waals surface area contributed by atoms with E-state index in [1.807, 2.05) is 0 Å². The summed E-state index contributed by atoms with van der Waals surface area (Å²) in [7, 11) is 0. The molecule has 1 heterocycles. The molecule has 2 aromatic carbocycles. The second-order valence-electron chi connectivity index (χ2n) is 6.34. The van der Waals surface area contributed by atoms with E-state index in [0.29, 0.717) is 16.8 Å². The normalized spacial score (nSPS) is 16.1. The Morgan fingerprint density at radius 3 is 2.48 bits per heavy atom. The zero-order valence-corrected chi connectivity index (χ0v) is 15.7. The Bertz CT molecular complexity index is 777. The Labute approximate surface area is 164 Å². The van der Waals surface area contributed by atoms with Gasteiger partial charge >= 0.3 is 0 Å². The fraction of sp³-hybridized carbons (Fsp3) is 0.300. The van der Waals surface area contributed by atoms with E-state index in [1.54, 1.807) is 42.5 Å². The number of nitrogens with one attached hydrogen (secondary N) is 3. The number of carbonyl (C=O) groups is 2. The van der Waals surface area contributed by atoms with Crippen LogP contribution in [0.25, 0.3) is 0 Å². The molecule has 144 valence electrons. The third-order valence-corrected chi connectivity index (χ3v) is 4.44. The van der Waals surface area contributed by atoms with Crippen molar-refractivity contribution in [2.24, 2.45) is 0 Å². The van der Waals surface area contributed by atoms with E-state index in [2.05, 4.69) is 16.0 Å². The topological polar surface area (TPSA) is 70.2 Å². The first-order valence-corrected chi connectivity index (χ1v) is 8.79. The second-order valence-corrected chi connectivity index (χ2v) is 6.34. The highest BCUT2D eigenvalue weighted by molar-refractivity contribution is 5.97. The van der Waals surface area contributed by atoms with Gasteiger partial charge in [0.05, 0.1) is 6.04 Å². The van der Waals surface area contributed by atoms with Gasteiger partial charge in [-0.15, -0.1) is 12.4 Å². The van der Waals surface area contributed by atoms with Crippen LogP contribution in [0.15, 0.2) is 48.5 Å². The molecule has 0 aliphatic carbocycles. The number of rotatable bonds is 5. The average Bonchev–Trinajstić information content (AvgIpc) is 2.68. The number of amides is 2. The number of piperidine rings is 1. The minimum atomic E-state index is -0.345. The van der Waals surface area contributed by atoms with Crippen molar-refractivity contribution in [3.8, 4) is 0 Å². The first-order valence-electron chi connectivity index (χ1n) is 8.79. The molecular formula is C20H23ClFN3O2. The summed E-state index contributed by atoms with van der Waals surface area (Å²) in [6.45, 7) is 0.983. The van der Waals surface area contributed by atoms with E-state index in [-0.39, 0.29) is 42.6 Å². The van der Waals surface area contributed by atoms with Gasteiger partial charge in [0.15, 0.2) is 0 Å². The van der Waals surface area contributed by atoms with E-state index < -0.39 is 0 Å². The van der Waals surface area contributed by atoms with Gasteiger partial charge < -0.3 is 16.0 Å². The lowest BCUT2D eigenvalue weighted by Crippen LogP contribution is -2.43. The third-order valence-electron chi connectivity index (χ3n) is 4.44. The third kappa shape index (κ3) is 5.77. The SMILES string of the molecule is Cl.O=C(NCc1ccccc1F)c1ccc(NC(=O)C2CCCCN2)cc1. The summed E-state index contributed by atoms with van der Waals surface area (Å²) in [5.74, 6) is -0.691. The molecule has 1 aliphatic rings. The van der Waals surface area contributed by atoms with Crippen LogP contribution in [-0.2, 0) is 11.3 Å². The predicted octanol–water partition coefficient (Wildman–Crippen LogP) is 3.26. The molecule has 3 rings (SSSR count). The van der Waals surface area contributed by atoms with Gasteiger partial charge in [-0.1, -0.05) is 24.6 Å². The number of hydrogen-bond acceptors (Lipinski definition) is 3. The highest BCUT2D eigenvalue weighted by atomic mass is 35.5. The van der Waals surface area contributed by atoms with Crippen molar-refractivity contribution in [2.75, 3.05) is 11.9 Å². The Balaban J connectivity index is 0.00000261. The highest BCUT2D eigenvalue weighted by Gasteiger charge is 2.20. The standard InChI is InChI=1S/C20H22FN3O2.ClH/c21-17-6-2-1-5-15(17)13-23-19(25)14-8-10-16(11-9-14)24-20(26)18-7-3-4-12-22-18;/h1-2,5-6,8-11,18,22H,3-4,7,12-13H2,(H,23,25)(H,24,26);1H. The van der Waals surface area contributed by atoms with Gasteiger partial charge in [0, 0.05) is 23.4 Å². The molecule has 0 radical (unpaired) electrons. The van der Waals surface area contributed by atoms with E-state index in [1.165, 1.54) is 6.07 Å². The van der Waals surface area contributed by atoms with Crippen LogP contribution < -0.4 is 16.0 Å². The predicted molar refractivity (Wildman–Crippen MR) is 106 cm³/mol. The summed E-state index contributed by atoms with van der Waals surface area (Å²) >= 11 is 0. The maximum atomic E-state index is 13.6. The smallest absolute Gasteiger partial charge is 0.251 e. The first kappa shape index (κ1) is 20.9. The van der Waals surface area contributed by atoms with Crippen molar-refractivity contribution >= 4 is 29.9 Å². The molecule has 2 amide bonds. The lowest BCUT2D eigenvalue weighted by atomic mass is 10.0. The maximum absolute atomic E-state index is 13.6. The number of hydrogen-bond donors (Lipinski definition) is 3. The summed E-state index contributed by atoms with van der Waals surface area (Å²) in [5.41, 5.74) is 1.54. The molecule has 0 saturated carbocycles. The van der Waals surface area contributed by atoms with Crippen LogP contribution in [0, 0.1) is 5.82 Å². The lowest BCUT2D eigenvalue weighted by Gasteiger charge is -2.22. The molecule has 7 heteroatoms. The molecule has 1 unspecified atom stereocenters. The van der Waals surface area contributed by atoms with Crippen LogP contribution in [0.5, 0.6) is 0 Å². The lowest BCUT2D eigenvalue weighted by molar-refractivity contribution is -0.118. The number of anilines is 1. The number of benzene rings is 2. The molecule has 0 spiro atoms. The summed E-state index contributed by atoms with van der Waals surface area (Å²) in [6.07, 6.45) is 2.98. The molecule has 1 atom stereocenters. The van der Waals surface area contributed by atoms with Gasteiger partial charge in [-0.3, -0.25) is 9.59 Å². The Kier molecular flexibility index (Phi) is 7.76. The molecule has 1 aliphatic heterocycles. The molecule has 1 fully saturated rings. The van der Waals surface area contributed by atoms with Crippen molar-refractivity contribution in [3.63, 3.8) is 0 Å². The van der Waals surface area contributed by atoms with Crippen LogP contribution in [0.3, 0.4) is 0 Å². The summed E-state index contributed by atoms with van der Waals surface area (Å²) < 4.78 is 13.6. The second kappa shape index (κ2) is 10.0. The minimum absolute atomic E-state index is 0. The molecule has 2 aromatic rings. The maximum Gasteiger partial charge on any atom is 0.251 e. The summed E-state index contributed by atoms with van der Waals surface area (Å²) in [6, 6.07) is 12.8. The van der Waals surface area contributed by atoms with E-state index in [9.17, 15) is 14.0 Å². The van der Waals surface area contributed by atoms with Gasteiger partial charge in [0.1, 0.15) is 5.82 Å². The average molecular weight is 392 g/mol. The van der Waals surface area contributed by atoms with Crippen molar-refractivity contribution in [3.05, 3.63) is 65.5 Å². The van der Waals surface area contributed by atoms with Crippen molar-refractivity contribution < 1.29 is 14.0 Å². The monoisotopic (exact) mass is 391 g/mol. The molecule has 0 bridgehead atoms.